The molecule has 1 aromatic rings. The Morgan fingerprint density at radius 3 is 2.67 bits per heavy atom. The van der Waals surface area contributed by atoms with Crippen molar-refractivity contribution in [3.63, 3.8) is 0 Å². The number of benzene rings is 1. The SMILES string of the molecule is CCC1c2cc(C)c3c(c2OC1CNC(=O)OC(C)(C)C)C(C)(C)C(=S)N3. The first-order valence-corrected chi connectivity index (χ1v) is 9.99. The molecule has 0 aromatic heterocycles. The molecule has 27 heavy (non-hydrogen) atoms. The second-order valence-corrected chi connectivity index (χ2v) is 9.40. The lowest BCUT2D eigenvalue weighted by Crippen LogP contribution is -2.39. The molecule has 0 aliphatic carbocycles. The van der Waals surface area contributed by atoms with Gasteiger partial charge in [-0.25, -0.2) is 4.79 Å². The number of nitrogens with one attached hydrogen (secondary N) is 2. The minimum atomic E-state index is -0.517. The molecule has 2 atom stereocenters. The molecule has 1 aromatic carbocycles. The second-order valence-electron chi connectivity index (χ2n) is 8.99. The van der Waals surface area contributed by atoms with Gasteiger partial charge in [0.1, 0.15) is 17.5 Å². The average Bonchev–Trinajstić information content (AvgIpc) is 2.99. The van der Waals surface area contributed by atoms with Crippen LogP contribution in [0, 0.1) is 6.92 Å². The number of anilines is 1. The summed E-state index contributed by atoms with van der Waals surface area (Å²) in [4.78, 5) is 12.9. The summed E-state index contributed by atoms with van der Waals surface area (Å²) in [7, 11) is 0. The highest BCUT2D eigenvalue weighted by Crippen LogP contribution is 2.53. The Labute approximate surface area is 167 Å². The van der Waals surface area contributed by atoms with Crippen LogP contribution in [0.4, 0.5) is 10.5 Å². The third-order valence-corrected chi connectivity index (χ3v) is 5.95. The molecule has 2 aliphatic rings. The molecule has 0 spiro atoms. The molecule has 5 nitrogen and oxygen atoms in total. The van der Waals surface area contributed by atoms with Gasteiger partial charge in [0.2, 0.25) is 0 Å². The van der Waals surface area contributed by atoms with Crippen molar-refractivity contribution >= 4 is 29.0 Å². The van der Waals surface area contributed by atoms with Crippen molar-refractivity contribution in [1.29, 1.82) is 0 Å². The van der Waals surface area contributed by atoms with Gasteiger partial charge in [0.25, 0.3) is 0 Å². The topological polar surface area (TPSA) is 59.6 Å². The highest BCUT2D eigenvalue weighted by atomic mass is 32.1. The number of hydrogen-bond donors (Lipinski definition) is 2. The molecule has 2 N–H and O–H groups in total. The number of carbonyl (C=O) groups is 1. The Morgan fingerprint density at radius 1 is 1.41 bits per heavy atom. The van der Waals surface area contributed by atoms with Gasteiger partial charge < -0.3 is 20.1 Å². The summed E-state index contributed by atoms with van der Waals surface area (Å²) in [6.07, 6.45) is 0.402. The first-order valence-electron chi connectivity index (χ1n) is 9.58. The maximum atomic E-state index is 12.1. The number of alkyl carbamates (subject to hydrolysis) is 1. The van der Waals surface area contributed by atoms with Gasteiger partial charge in [-0.15, -0.1) is 0 Å². The summed E-state index contributed by atoms with van der Waals surface area (Å²) in [5.41, 5.74) is 3.81. The molecule has 3 rings (SSSR count). The van der Waals surface area contributed by atoms with Crippen molar-refractivity contribution in [3.05, 3.63) is 22.8 Å². The summed E-state index contributed by atoms with van der Waals surface area (Å²) in [6.45, 7) is 14.5. The molecule has 2 unspecified atom stereocenters. The van der Waals surface area contributed by atoms with Gasteiger partial charge >= 0.3 is 6.09 Å². The molecule has 0 saturated heterocycles. The summed E-state index contributed by atoms with van der Waals surface area (Å²) in [5.74, 6) is 1.15. The van der Waals surface area contributed by atoms with Gasteiger partial charge in [0.15, 0.2) is 0 Å². The largest absolute Gasteiger partial charge is 0.487 e. The monoisotopic (exact) mass is 390 g/mol. The minimum Gasteiger partial charge on any atom is -0.487 e. The summed E-state index contributed by atoms with van der Waals surface area (Å²) in [6, 6.07) is 2.20. The number of amides is 1. The van der Waals surface area contributed by atoms with E-state index in [-0.39, 0.29) is 17.4 Å². The fourth-order valence-corrected chi connectivity index (χ4v) is 4.17. The molecule has 0 radical (unpaired) electrons. The van der Waals surface area contributed by atoms with Crippen molar-refractivity contribution in [3.8, 4) is 5.75 Å². The molecule has 0 bridgehead atoms. The number of fused-ring (bicyclic) bond motifs is 3. The van der Waals surface area contributed by atoms with Gasteiger partial charge in [-0.2, -0.15) is 0 Å². The predicted molar refractivity (Wildman–Crippen MR) is 112 cm³/mol. The summed E-state index contributed by atoms with van der Waals surface area (Å²) < 4.78 is 11.8. The maximum absolute atomic E-state index is 12.1. The number of aryl methyl sites for hydroxylation is 1. The lowest BCUT2D eigenvalue weighted by molar-refractivity contribution is 0.0500. The van der Waals surface area contributed by atoms with Crippen LogP contribution in [-0.2, 0) is 10.2 Å². The van der Waals surface area contributed by atoms with Crippen LogP contribution in [-0.4, -0.2) is 29.3 Å². The van der Waals surface area contributed by atoms with E-state index in [1.165, 1.54) is 11.1 Å². The van der Waals surface area contributed by atoms with E-state index in [2.05, 4.69) is 44.4 Å². The van der Waals surface area contributed by atoms with Gasteiger partial charge in [0, 0.05) is 28.1 Å². The quantitative estimate of drug-likeness (QED) is 0.726. The molecule has 6 heteroatoms. The van der Waals surface area contributed by atoms with Crippen molar-refractivity contribution in [1.82, 2.24) is 5.32 Å². The first-order chi connectivity index (χ1) is 12.5. The minimum absolute atomic E-state index is 0.117. The predicted octanol–water partition coefficient (Wildman–Crippen LogP) is 4.80. The lowest BCUT2D eigenvalue weighted by Gasteiger charge is -2.23. The van der Waals surface area contributed by atoms with Gasteiger partial charge in [-0.3, -0.25) is 0 Å². The van der Waals surface area contributed by atoms with Gasteiger partial charge in [-0.1, -0.05) is 19.1 Å². The van der Waals surface area contributed by atoms with E-state index >= 15 is 0 Å². The van der Waals surface area contributed by atoms with Gasteiger partial charge in [-0.05, 0) is 59.6 Å². The second kappa shape index (κ2) is 6.66. The van der Waals surface area contributed by atoms with Crippen LogP contribution in [0.15, 0.2) is 6.07 Å². The van der Waals surface area contributed by atoms with Crippen LogP contribution in [0.1, 0.15) is 70.6 Å². The van der Waals surface area contributed by atoms with Crippen molar-refractivity contribution in [2.45, 2.75) is 77.9 Å². The number of ether oxygens (including phenoxy) is 2. The lowest BCUT2D eigenvalue weighted by atomic mass is 9.82. The Kier molecular flexibility index (Phi) is 4.91. The summed E-state index contributed by atoms with van der Waals surface area (Å²) in [5, 5.41) is 6.24. The van der Waals surface area contributed by atoms with E-state index in [0.29, 0.717) is 6.54 Å². The molecular formula is C21H30N2O3S. The Balaban J connectivity index is 1.87. The van der Waals surface area contributed by atoms with E-state index in [1.807, 2.05) is 20.8 Å². The number of thiocarbonyl (C=S) groups is 1. The zero-order valence-corrected chi connectivity index (χ0v) is 18.1. The molecule has 2 aliphatic heterocycles. The molecular weight excluding hydrogens is 360 g/mol. The van der Waals surface area contributed by atoms with Crippen LogP contribution in [0.5, 0.6) is 5.75 Å². The average molecular weight is 391 g/mol. The van der Waals surface area contributed by atoms with Crippen LogP contribution in [0.2, 0.25) is 0 Å². The Bertz CT molecular complexity index is 796. The number of rotatable bonds is 3. The highest BCUT2D eigenvalue weighted by Gasteiger charge is 2.45. The Hall–Kier alpha value is -1.82. The van der Waals surface area contributed by atoms with E-state index in [1.54, 1.807) is 0 Å². The molecule has 148 valence electrons. The van der Waals surface area contributed by atoms with Crippen molar-refractivity contribution < 1.29 is 14.3 Å². The molecule has 1 amide bonds. The standard InChI is InChI=1S/C21H30N2O3S/c1-8-12-13-9-11(2)16-15(21(6,7)18(27)23-16)17(13)25-14(12)10-22-19(24)26-20(3,4)5/h9,12,14H,8,10H2,1-7H3,(H,22,24)(H,23,27). The fourth-order valence-electron chi connectivity index (χ4n) is 3.97. The van der Waals surface area contributed by atoms with Crippen LogP contribution in [0.3, 0.4) is 0 Å². The molecule has 0 fully saturated rings. The van der Waals surface area contributed by atoms with Crippen molar-refractivity contribution in [2.24, 2.45) is 0 Å². The van der Waals surface area contributed by atoms with E-state index in [4.69, 9.17) is 21.7 Å². The Morgan fingerprint density at radius 2 is 2.07 bits per heavy atom. The van der Waals surface area contributed by atoms with Gasteiger partial charge in [0.05, 0.1) is 11.5 Å². The van der Waals surface area contributed by atoms with Crippen LogP contribution >= 0.6 is 12.2 Å². The van der Waals surface area contributed by atoms with E-state index in [0.717, 1.165) is 28.4 Å². The van der Waals surface area contributed by atoms with Crippen molar-refractivity contribution in [2.75, 3.05) is 11.9 Å². The zero-order valence-electron chi connectivity index (χ0n) is 17.3. The van der Waals surface area contributed by atoms with E-state index < -0.39 is 11.7 Å². The van der Waals surface area contributed by atoms with Crippen LogP contribution < -0.4 is 15.4 Å². The fraction of sp³-hybridized carbons (Fsp3) is 0.619. The smallest absolute Gasteiger partial charge is 0.407 e. The number of hydrogen-bond acceptors (Lipinski definition) is 4. The summed E-state index contributed by atoms with van der Waals surface area (Å²) >= 11 is 5.57. The molecule has 2 heterocycles. The maximum Gasteiger partial charge on any atom is 0.407 e. The normalized spacial score (nSPS) is 22.6. The van der Waals surface area contributed by atoms with E-state index in [9.17, 15) is 4.79 Å². The zero-order chi connectivity index (χ0) is 20.1. The third-order valence-electron chi connectivity index (χ3n) is 5.34. The first kappa shape index (κ1) is 19.9. The highest BCUT2D eigenvalue weighted by molar-refractivity contribution is 7.80. The van der Waals surface area contributed by atoms with Crippen LogP contribution in [0.25, 0.3) is 0 Å². The molecule has 0 saturated carbocycles. The third kappa shape index (κ3) is 3.51. The number of carbonyl (C=O) groups excluding carboxylic acids is 1.